The summed E-state index contributed by atoms with van der Waals surface area (Å²) >= 11 is 22.3. The number of carbonyl (C=O) groups is 1. The molecule has 0 bridgehead atoms. The molecule has 0 unspecified atom stereocenters. The number of carbonyl (C=O) groups excluding carboxylic acids is 1. The fourth-order valence-electron chi connectivity index (χ4n) is 3.08. The molecular weight excluding hydrogens is 568 g/mol. The second kappa shape index (κ2) is 10.6. The summed E-state index contributed by atoms with van der Waals surface area (Å²) in [6, 6.07) is 16.8. The Labute approximate surface area is 218 Å². The van der Waals surface area contributed by atoms with Crippen molar-refractivity contribution in [3.05, 3.63) is 103 Å². The molecule has 0 N–H and O–H groups in total. The molecule has 1 aliphatic heterocycles. The third-order valence-corrected chi connectivity index (χ3v) is 7.36. The van der Waals surface area contributed by atoms with Crippen molar-refractivity contribution in [3.63, 3.8) is 0 Å². The highest BCUT2D eigenvalue weighted by molar-refractivity contribution is 9.10. The van der Waals surface area contributed by atoms with Gasteiger partial charge in [-0.3, -0.25) is 9.69 Å². The predicted octanol–water partition coefficient (Wildman–Crippen LogP) is 7.88. The molecule has 168 valence electrons. The molecule has 0 radical (unpaired) electrons. The molecule has 3 aromatic rings. The lowest BCUT2D eigenvalue weighted by Gasteiger charge is -2.14. The van der Waals surface area contributed by atoms with Gasteiger partial charge in [0, 0.05) is 15.6 Å². The van der Waals surface area contributed by atoms with E-state index in [0.717, 1.165) is 21.2 Å². The number of amides is 1. The van der Waals surface area contributed by atoms with Crippen LogP contribution in [0.3, 0.4) is 0 Å². The third-order valence-electron chi connectivity index (χ3n) is 4.78. The molecule has 0 aromatic heterocycles. The van der Waals surface area contributed by atoms with E-state index >= 15 is 0 Å². The maximum absolute atomic E-state index is 13.1. The molecule has 3 nitrogen and oxygen atoms in total. The first kappa shape index (κ1) is 24.2. The lowest BCUT2D eigenvalue weighted by atomic mass is 10.2. The Morgan fingerprint density at radius 3 is 2.55 bits per heavy atom. The molecule has 1 amide bonds. The van der Waals surface area contributed by atoms with Crippen molar-refractivity contribution in [2.24, 2.45) is 0 Å². The minimum atomic E-state index is -0.321. The van der Waals surface area contributed by atoms with Crippen molar-refractivity contribution < 1.29 is 13.9 Å². The number of nitrogens with zero attached hydrogens (tertiary/aromatic N) is 1. The smallest absolute Gasteiger partial charge is 0.266 e. The molecule has 1 heterocycles. The van der Waals surface area contributed by atoms with E-state index in [1.54, 1.807) is 30.3 Å². The van der Waals surface area contributed by atoms with E-state index in [0.29, 0.717) is 31.6 Å². The Bertz CT molecular complexity index is 1270. The Balaban J connectivity index is 1.45. The van der Waals surface area contributed by atoms with Crippen molar-refractivity contribution >= 4 is 79.4 Å². The summed E-state index contributed by atoms with van der Waals surface area (Å²) < 4.78 is 20.2. The first-order valence-corrected chi connectivity index (χ1v) is 12.4. The number of ether oxygens (including phenoxy) is 1. The second-order valence-corrected chi connectivity index (χ2v) is 10.5. The van der Waals surface area contributed by atoms with Crippen LogP contribution >= 0.6 is 63.1 Å². The van der Waals surface area contributed by atoms with Gasteiger partial charge < -0.3 is 4.74 Å². The standard InChI is InChI=1S/C24H15BrCl2FNO2S2/c25-19-9-15(3-8-21(19)31-13-16-4-5-17(26)11-20(16)27)10-22-23(30)29(24(32)33-22)12-14-1-6-18(28)7-2-14/h1-11H,12-13H2. The minimum absolute atomic E-state index is 0.178. The van der Waals surface area contributed by atoms with E-state index in [1.165, 1.54) is 28.8 Å². The van der Waals surface area contributed by atoms with Gasteiger partial charge in [0.1, 0.15) is 22.5 Å². The monoisotopic (exact) mass is 581 g/mol. The number of rotatable bonds is 6. The molecule has 33 heavy (non-hydrogen) atoms. The van der Waals surface area contributed by atoms with Crippen molar-refractivity contribution in [1.82, 2.24) is 4.90 Å². The van der Waals surface area contributed by atoms with E-state index in [1.807, 2.05) is 24.3 Å². The zero-order valence-electron chi connectivity index (χ0n) is 16.9. The first-order valence-electron chi connectivity index (χ1n) is 9.66. The van der Waals surface area contributed by atoms with Gasteiger partial charge in [0.05, 0.1) is 15.9 Å². The van der Waals surface area contributed by atoms with Crippen LogP contribution in [0.25, 0.3) is 6.08 Å². The van der Waals surface area contributed by atoms with E-state index in [4.69, 9.17) is 40.2 Å². The third kappa shape index (κ3) is 5.97. The Hall–Kier alpha value is -1.90. The van der Waals surface area contributed by atoms with Crippen LogP contribution in [0.15, 0.2) is 70.0 Å². The van der Waals surface area contributed by atoms with Gasteiger partial charge in [-0.2, -0.15) is 0 Å². The number of halogens is 4. The molecule has 0 atom stereocenters. The second-order valence-electron chi connectivity index (χ2n) is 7.11. The quantitative estimate of drug-likeness (QED) is 0.218. The molecule has 9 heteroatoms. The van der Waals surface area contributed by atoms with Crippen LogP contribution in [0.2, 0.25) is 10.0 Å². The largest absolute Gasteiger partial charge is 0.488 e. The van der Waals surface area contributed by atoms with Gasteiger partial charge in [-0.05, 0) is 69.5 Å². The van der Waals surface area contributed by atoms with Gasteiger partial charge in [0.2, 0.25) is 0 Å². The summed E-state index contributed by atoms with van der Waals surface area (Å²) in [7, 11) is 0. The van der Waals surface area contributed by atoms with Crippen LogP contribution < -0.4 is 4.74 Å². The van der Waals surface area contributed by atoms with E-state index in [2.05, 4.69) is 15.9 Å². The van der Waals surface area contributed by atoms with Crippen molar-refractivity contribution in [1.29, 1.82) is 0 Å². The van der Waals surface area contributed by atoms with Crippen molar-refractivity contribution in [2.75, 3.05) is 0 Å². The normalized spacial score (nSPS) is 14.9. The number of thiocarbonyl (C=S) groups is 1. The molecule has 3 aromatic carbocycles. The Morgan fingerprint density at radius 1 is 1.09 bits per heavy atom. The van der Waals surface area contributed by atoms with Crippen LogP contribution in [-0.2, 0) is 17.9 Å². The maximum atomic E-state index is 13.1. The summed E-state index contributed by atoms with van der Waals surface area (Å²) in [4.78, 5) is 14.9. The van der Waals surface area contributed by atoms with Gasteiger partial charge in [-0.1, -0.05) is 71.4 Å². The lowest BCUT2D eigenvalue weighted by molar-refractivity contribution is -0.122. The average Bonchev–Trinajstić information content (AvgIpc) is 3.03. The molecule has 1 fully saturated rings. The fraction of sp³-hybridized carbons (Fsp3) is 0.0833. The van der Waals surface area contributed by atoms with Crippen LogP contribution in [0.5, 0.6) is 5.75 Å². The minimum Gasteiger partial charge on any atom is -0.488 e. The average molecular weight is 583 g/mol. The zero-order valence-corrected chi connectivity index (χ0v) is 21.6. The van der Waals surface area contributed by atoms with E-state index in [-0.39, 0.29) is 18.3 Å². The Kier molecular flexibility index (Phi) is 7.76. The molecular formula is C24H15BrCl2FNO2S2. The molecule has 0 saturated carbocycles. The SMILES string of the molecule is O=C1C(=Cc2ccc(OCc3ccc(Cl)cc3Cl)c(Br)c2)SC(=S)N1Cc1ccc(F)cc1. The molecule has 1 saturated heterocycles. The summed E-state index contributed by atoms with van der Waals surface area (Å²) in [5.74, 6) is 0.142. The van der Waals surface area contributed by atoms with E-state index < -0.39 is 0 Å². The molecule has 0 spiro atoms. The van der Waals surface area contributed by atoms with Crippen LogP contribution in [0.1, 0.15) is 16.7 Å². The topological polar surface area (TPSA) is 29.5 Å². The molecule has 1 aliphatic rings. The maximum Gasteiger partial charge on any atom is 0.266 e. The van der Waals surface area contributed by atoms with Crippen LogP contribution in [-0.4, -0.2) is 15.1 Å². The summed E-state index contributed by atoms with van der Waals surface area (Å²) in [5.41, 5.74) is 2.45. The number of hydrogen-bond acceptors (Lipinski definition) is 4. The van der Waals surface area contributed by atoms with Gasteiger partial charge in [-0.25, -0.2) is 4.39 Å². The summed E-state index contributed by atoms with van der Waals surface area (Å²) in [6.07, 6.45) is 1.79. The highest BCUT2D eigenvalue weighted by atomic mass is 79.9. The lowest BCUT2D eigenvalue weighted by Crippen LogP contribution is -2.27. The fourth-order valence-corrected chi connectivity index (χ4v) is 5.31. The molecule has 4 rings (SSSR count). The van der Waals surface area contributed by atoms with Gasteiger partial charge in [0.15, 0.2) is 0 Å². The van der Waals surface area contributed by atoms with Gasteiger partial charge in [-0.15, -0.1) is 0 Å². The number of benzene rings is 3. The zero-order chi connectivity index (χ0) is 23.5. The van der Waals surface area contributed by atoms with Crippen LogP contribution in [0, 0.1) is 5.82 Å². The summed E-state index contributed by atoms with van der Waals surface area (Å²) in [6.45, 7) is 0.585. The first-order chi connectivity index (χ1) is 15.8. The van der Waals surface area contributed by atoms with Crippen molar-refractivity contribution in [3.8, 4) is 5.75 Å². The predicted molar refractivity (Wildman–Crippen MR) is 140 cm³/mol. The van der Waals surface area contributed by atoms with E-state index in [9.17, 15) is 9.18 Å². The highest BCUT2D eigenvalue weighted by Gasteiger charge is 2.32. The van der Waals surface area contributed by atoms with Crippen LogP contribution in [0.4, 0.5) is 4.39 Å². The van der Waals surface area contributed by atoms with Gasteiger partial charge in [0.25, 0.3) is 5.91 Å². The molecule has 0 aliphatic carbocycles. The Morgan fingerprint density at radius 2 is 1.85 bits per heavy atom. The number of thioether (sulfide) groups is 1. The van der Waals surface area contributed by atoms with Crippen molar-refractivity contribution in [2.45, 2.75) is 13.2 Å². The summed E-state index contributed by atoms with van der Waals surface area (Å²) in [5, 5.41) is 1.11. The highest BCUT2D eigenvalue weighted by Crippen LogP contribution is 2.35. The number of hydrogen-bond donors (Lipinski definition) is 0. The van der Waals surface area contributed by atoms with Gasteiger partial charge >= 0.3 is 0 Å².